The topological polar surface area (TPSA) is 3.24 Å². The molecule has 19 heavy (non-hydrogen) atoms. The van der Waals surface area contributed by atoms with Gasteiger partial charge in [-0.15, -0.1) is 0 Å². The lowest BCUT2D eigenvalue weighted by Crippen LogP contribution is -2.29. The second kappa shape index (κ2) is 6.81. The van der Waals surface area contributed by atoms with Gasteiger partial charge in [-0.25, -0.2) is 0 Å². The summed E-state index contributed by atoms with van der Waals surface area (Å²) in [6.07, 6.45) is 1.13. The third-order valence-corrected chi connectivity index (χ3v) is 3.77. The molecule has 1 atom stereocenters. The van der Waals surface area contributed by atoms with Crippen molar-refractivity contribution in [2.75, 3.05) is 13.1 Å². The fraction of sp³-hybridized carbons (Fsp3) is 0.647. The molecule has 0 aliphatic carbocycles. The van der Waals surface area contributed by atoms with Crippen LogP contribution >= 0.6 is 12.8 Å². The number of nitrogens with zero attached hydrogens (tertiary/aromatic N) is 1. The van der Waals surface area contributed by atoms with Crippen LogP contribution in [-0.2, 0) is 6.42 Å². The monoisotopic (exact) mass is 279 g/mol. The first-order valence-corrected chi connectivity index (χ1v) is 7.58. The smallest absolute Gasteiger partial charge is 0.0136 e. The number of benzene rings is 1. The third kappa shape index (κ3) is 6.01. The summed E-state index contributed by atoms with van der Waals surface area (Å²) in [5, 5.41) is 0. The van der Waals surface area contributed by atoms with Gasteiger partial charge in [0.2, 0.25) is 0 Å². The summed E-state index contributed by atoms with van der Waals surface area (Å²) in [5.41, 5.74) is 4.61. The van der Waals surface area contributed by atoms with Gasteiger partial charge in [-0.05, 0) is 48.3 Å². The second-order valence-electron chi connectivity index (χ2n) is 7.08. The SMILES string of the molecule is Cc1cccc(CC(C)CN(S)CC(C)(C)C)c1C. The van der Waals surface area contributed by atoms with Crippen molar-refractivity contribution in [3.05, 3.63) is 34.9 Å². The van der Waals surface area contributed by atoms with Crippen molar-refractivity contribution < 1.29 is 0 Å². The molecule has 0 aliphatic heterocycles. The summed E-state index contributed by atoms with van der Waals surface area (Å²) in [7, 11) is 0. The van der Waals surface area contributed by atoms with Gasteiger partial charge in [0, 0.05) is 13.1 Å². The minimum absolute atomic E-state index is 0.306. The van der Waals surface area contributed by atoms with Crippen molar-refractivity contribution in [2.45, 2.75) is 48.0 Å². The molecule has 0 saturated heterocycles. The maximum absolute atomic E-state index is 4.61. The normalized spacial score (nSPS) is 13.9. The van der Waals surface area contributed by atoms with E-state index in [1.165, 1.54) is 16.7 Å². The molecular formula is C17H29NS. The van der Waals surface area contributed by atoms with Crippen LogP contribution in [-0.4, -0.2) is 17.4 Å². The van der Waals surface area contributed by atoms with Crippen LogP contribution in [0.1, 0.15) is 44.4 Å². The molecule has 0 aromatic heterocycles. The Morgan fingerprint density at radius 1 is 1.21 bits per heavy atom. The number of aryl methyl sites for hydroxylation is 1. The van der Waals surface area contributed by atoms with Crippen LogP contribution in [0, 0.1) is 25.2 Å². The van der Waals surface area contributed by atoms with Crippen LogP contribution in [0.3, 0.4) is 0 Å². The van der Waals surface area contributed by atoms with Crippen LogP contribution < -0.4 is 0 Å². The van der Waals surface area contributed by atoms with Crippen LogP contribution in [0.2, 0.25) is 0 Å². The number of hydrogen-bond acceptors (Lipinski definition) is 2. The van der Waals surface area contributed by atoms with Gasteiger partial charge < -0.3 is 0 Å². The van der Waals surface area contributed by atoms with E-state index >= 15 is 0 Å². The van der Waals surface area contributed by atoms with Crippen molar-refractivity contribution in [2.24, 2.45) is 11.3 Å². The van der Waals surface area contributed by atoms with Gasteiger partial charge >= 0.3 is 0 Å². The van der Waals surface area contributed by atoms with Gasteiger partial charge in [0.25, 0.3) is 0 Å². The Bertz CT molecular complexity index is 406. The lowest BCUT2D eigenvalue weighted by atomic mass is 9.94. The predicted molar refractivity (Wildman–Crippen MR) is 88.8 cm³/mol. The van der Waals surface area contributed by atoms with E-state index in [2.05, 4.69) is 76.9 Å². The second-order valence-corrected chi connectivity index (χ2v) is 7.64. The largest absolute Gasteiger partial charge is 0.252 e. The molecule has 1 unspecified atom stereocenters. The quantitative estimate of drug-likeness (QED) is 0.766. The standard InChI is InChI=1S/C17H29NS/c1-13(11-18(19)12-17(4,5)6)10-16-9-7-8-14(2)15(16)3/h7-9,13,19H,10-12H2,1-6H3. The highest BCUT2D eigenvalue weighted by molar-refractivity contribution is 7.77. The molecule has 0 heterocycles. The molecule has 0 N–H and O–H groups in total. The molecule has 1 aromatic rings. The van der Waals surface area contributed by atoms with E-state index in [0.29, 0.717) is 11.3 Å². The summed E-state index contributed by atoms with van der Waals surface area (Å²) >= 11 is 4.61. The van der Waals surface area contributed by atoms with Gasteiger partial charge in [0.1, 0.15) is 0 Å². The van der Waals surface area contributed by atoms with Crippen LogP contribution in [0.25, 0.3) is 0 Å². The zero-order valence-electron chi connectivity index (χ0n) is 13.3. The summed E-state index contributed by atoms with van der Waals surface area (Å²) in [6.45, 7) is 15.6. The first-order valence-electron chi connectivity index (χ1n) is 7.18. The molecule has 1 rings (SSSR count). The first kappa shape index (κ1) is 16.6. The van der Waals surface area contributed by atoms with E-state index in [9.17, 15) is 0 Å². The van der Waals surface area contributed by atoms with Crippen molar-refractivity contribution in [3.63, 3.8) is 0 Å². The van der Waals surface area contributed by atoms with Gasteiger partial charge in [-0.2, -0.15) is 0 Å². The zero-order chi connectivity index (χ0) is 14.6. The Balaban J connectivity index is 2.56. The summed E-state index contributed by atoms with van der Waals surface area (Å²) < 4.78 is 2.16. The van der Waals surface area contributed by atoms with Crippen LogP contribution in [0.4, 0.5) is 0 Å². The summed E-state index contributed by atoms with van der Waals surface area (Å²) in [5.74, 6) is 0.625. The minimum Gasteiger partial charge on any atom is -0.252 e. The average molecular weight is 279 g/mol. The van der Waals surface area contributed by atoms with Crippen molar-refractivity contribution in [1.82, 2.24) is 4.31 Å². The van der Waals surface area contributed by atoms with E-state index in [-0.39, 0.29) is 0 Å². The number of rotatable bonds is 5. The highest BCUT2D eigenvalue weighted by atomic mass is 32.1. The van der Waals surface area contributed by atoms with E-state index < -0.39 is 0 Å². The zero-order valence-corrected chi connectivity index (χ0v) is 14.2. The molecule has 2 heteroatoms. The minimum atomic E-state index is 0.306. The van der Waals surface area contributed by atoms with Gasteiger partial charge in [-0.3, -0.25) is 4.31 Å². The highest BCUT2D eigenvalue weighted by Crippen LogP contribution is 2.20. The van der Waals surface area contributed by atoms with Crippen molar-refractivity contribution in [3.8, 4) is 0 Å². The first-order chi connectivity index (χ1) is 8.69. The maximum atomic E-state index is 4.61. The van der Waals surface area contributed by atoms with E-state index in [0.717, 1.165) is 19.5 Å². The molecule has 0 amide bonds. The number of hydrogen-bond donors (Lipinski definition) is 1. The van der Waals surface area contributed by atoms with Crippen LogP contribution in [0.15, 0.2) is 18.2 Å². The molecule has 1 nitrogen and oxygen atoms in total. The highest BCUT2D eigenvalue weighted by Gasteiger charge is 2.16. The maximum Gasteiger partial charge on any atom is 0.0136 e. The average Bonchev–Trinajstić information content (AvgIpc) is 2.21. The third-order valence-electron chi connectivity index (χ3n) is 3.46. The molecule has 0 spiro atoms. The Kier molecular flexibility index (Phi) is 5.94. The molecular weight excluding hydrogens is 250 g/mol. The van der Waals surface area contributed by atoms with Gasteiger partial charge in [0.05, 0.1) is 0 Å². The van der Waals surface area contributed by atoms with Crippen LogP contribution in [0.5, 0.6) is 0 Å². The summed E-state index contributed by atoms with van der Waals surface area (Å²) in [6, 6.07) is 6.61. The molecule has 108 valence electrons. The van der Waals surface area contributed by atoms with Crippen molar-refractivity contribution >= 4 is 12.8 Å². The molecule has 0 aliphatic rings. The fourth-order valence-electron chi connectivity index (χ4n) is 2.44. The molecule has 1 aromatic carbocycles. The summed E-state index contributed by atoms with van der Waals surface area (Å²) in [4.78, 5) is 0. The van der Waals surface area contributed by atoms with E-state index in [1.54, 1.807) is 0 Å². The Hall–Kier alpha value is -0.470. The van der Waals surface area contributed by atoms with Crippen molar-refractivity contribution in [1.29, 1.82) is 0 Å². The lowest BCUT2D eigenvalue weighted by Gasteiger charge is -2.27. The lowest BCUT2D eigenvalue weighted by molar-refractivity contribution is 0.278. The van der Waals surface area contributed by atoms with E-state index in [4.69, 9.17) is 0 Å². The van der Waals surface area contributed by atoms with Gasteiger partial charge in [-0.1, -0.05) is 58.7 Å². The molecule has 0 fully saturated rings. The Morgan fingerprint density at radius 2 is 1.84 bits per heavy atom. The van der Waals surface area contributed by atoms with E-state index in [1.807, 2.05) is 0 Å². The Labute approximate surface area is 124 Å². The van der Waals surface area contributed by atoms with Gasteiger partial charge in [0.15, 0.2) is 0 Å². The molecule has 0 saturated carbocycles. The molecule has 0 bridgehead atoms. The Morgan fingerprint density at radius 3 is 2.42 bits per heavy atom. The molecule has 0 radical (unpaired) electrons. The predicted octanol–water partition coefficient (Wildman–Crippen LogP) is 4.67. The fourth-order valence-corrected chi connectivity index (χ4v) is 3.15. The number of thiol groups is 1.